The highest BCUT2D eigenvalue weighted by molar-refractivity contribution is 6.10. The van der Waals surface area contributed by atoms with Crippen LogP contribution >= 0.6 is 0 Å². The summed E-state index contributed by atoms with van der Waals surface area (Å²) < 4.78 is 2.48. The molecule has 0 saturated carbocycles. The Bertz CT molecular complexity index is 846. The Labute approximate surface area is 136 Å². The second kappa shape index (κ2) is 6.07. The third-order valence-corrected chi connectivity index (χ3v) is 4.62. The quantitative estimate of drug-likeness (QED) is 0.744. The van der Waals surface area contributed by atoms with Gasteiger partial charge in [-0.25, -0.2) is 4.98 Å². The number of benzene rings is 1. The molecule has 0 radical (unpaired) electrons. The first-order valence-electron chi connectivity index (χ1n) is 8.46. The molecule has 0 bridgehead atoms. The lowest BCUT2D eigenvalue weighted by Gasteiger charge is -2.20. The van der Waals surface area contributed by atoms with Gasteiger partial charge in [0.05, 0.1) is 10.9 Å². The number of hydrogen-bond acceptors (Lipinski definition) is 4. The second-order valence-corrected chi connectivity index (χ2v) is 6.09. The van der Waals surface area contributed by atoms with Crippen LogP contribution < -0.4 is 11.5 Å². The van der Waals surface area contributed by atoms with Crippen molar-refractivity contribution < 1.29 is 0 Å². The minimum Gasteiger partial charge on any atom is -0.383 e. The molecule has 0 spiro atoms. The van der Waals surface area contributed by atoms with Gasteiger partial charge in [-0.3, -0.25) is 0 Å². The molecule has 0 amide bonds. The molecule has 4 N–H and O–H groups in total. The van der Waals surface area contributed by atoms with Crippen LogP contribution in [0.4, 0.5) is 11.8 Å². The number of rotatable bonds is 5. The van der Waals surface area contributed by atoms with E-state index >= 15 is 0 Å². The van der Waals surface area contributed by atoms with Gasteiger partial charge in [-0.1, -0.05) is 27.2 Å². The van der Waals surface area contributed by atoms with Crippen molar-refractivity contribution in [1.82, 2.24) is 14.5 Å². The van der Waals surface area contributed by atoms with Crippen molar-refractivity contribution in [3.8, 4) is 0 Å². The lowest BCUT2D eigenvalue weighted by Crippen LogP contribution is -2.10. The summed E-state index contributed by atoms with van der Waals surface area (Å²) in [5, 5.41) is 2.05. The van der Waals surface area contributed by atoms with Crippen molar-refractivity contribution in [2.45, 2.75) is 52.5 Å². The summed E-state index contributed by atoms with van der Waals surface area (Å²) >= 11 is 0. The van der Waals surface area contributed by atoms with Gasteiger partial charge in [0, 0.05) is 22.6 Å². The summed E-state index contributed by atoms with van der Waals surface area (Å²) in [5.74, 6) is 0.686. The minimum atomic E-state index is 0.225. The van der Waals surface area contributed by atoms with E-state index in [9.17, 15) is 0 Å². The van der Waals surface area contributed by atoms with E-state index in [0.717, 1.165) is 42.0 Å². The van der Waals surface area contributed by atoms with Gasteiger partial charge >= 0.3 is 0 Å². The SMILES string of the molecule is CCCc1cc2c3c(N)nc(N)nc3ccc2n1C(CC)CC. The zero-order chi connectivity index (χ0) is 16.6. The molecule has 0 aliphatic heterocycles. The van der Waals surface area contributed by atoms with Crippen molar-refractivity contribution in [1.29, 1.82) is 0 Å². The molecule has 0 aliphatic carbocycles. The smallest absolute Gasteiger partial charge is 0.222 e. The Morgan fingerprint density at radius 2 is 1.83 bits per heavy atom. The Hall–Kier alpha value is -2.30. The van der Waals surface area contributed by atoms with Gasteiger partial charge in [-0.05, 0) is 37.5 Å². The van der Waals surface area contributed by atoms with Crippen molar-refractivity contribution in [3.05, 3.63) is 23.9 Å². The predicted octanol–water partition coefficient (Wildman–Crippen LogP) is 4.06. The molecule has 5 nitrogen and oxygen atoms in total. The largest absolute Gasteiger partial charge is 0.383 e. The first kappa shape index (κ1) is 15.6. The van der Waals surface area contributed by atoms with Crippen LogP contribution in [0.15, 0.2) is 18.2 Å². The van der Waals surface area contributed by atoms with Crippen LogP contribution in [0.25, 0.3) is 21.8 Å². The maximum absolute atomic E-state index is 6.16. The molecule has 0 aliphatic rings. The molecule has 122 valence electrons. The molecule has 3 rings (SSSR count). The number of aryl methyl sites for hydroxylation is 1. The fraction of sp³-hybridized carbons (Fsp3) is 0.444. The number of aromatic nitrogens is 3. The van der Waals surface area contributed by atoms with Gasteiger partial charge in [0.15, 0.2) is 0 Å². The lowest BCUT2D eigenvalue weighted by atomic mass is 10.1. The van der Waals surface area contributed by atoms with Crippen molar-refractivity contribution in [2.75, 3.05) is 11.5 Å². The van der Waals surface area contributed by atoms with E-state index in [-0.39, 0.29) is 5.95 Å². The highest BCUT2D eigenvalue weighted by atomic mass is 15.0. The highest BCUT2D eigenvalue weighted by Gasteiger charge is 2.18. The van der Waals surface area contributed by atoms with E-state index in [1.165, 1.54) is 11.2 Å². The van der Waals surface area contributed by atoms with Crippen LogP contribution in [-0.2, 0) is 6.42 Å². The Morgan fingerprint density at radius 1 is 1.09 bits per heavy atom. The summed E-state index contributed by atoms with van der Waals surface area (Å²) in [7, 11) is 0. The number of nitrogens with two attached hydrogens (primary N) is 2. The van der Waals surface area contributed by atoms with E-state index in [0.29, 0.717) is 11.9 Å². The van der Waals surface area contributed by atoms with Gasteiger partial charge in [-0.2, -0.15) is 4.98 Å². The van der Waals surface area contributed by atoms with Gasteiger partial charge in [0.25, 0.3) is 0 Å². The Kier molecular flexibility index (Phi) is 4.11. The number of fused-ring (bicyclic) bond motifs is 3. The average molecular weight is 311 g/mol. The van der Waals surface area contributed by atoms with Crippen LogP contribution in [0.5, 0.6) is 0 Å². The standard InChI is InChI=1S/C18H25N5/c1-4-7-12-10-13-15(23(12)11(5-2)6-3)9-8-14-16(13)17(19)22-18(20)21-14/h8-11H,4-7H2,1-3H3,(H4,19,20,21,22). The van der Waals surface area contributed by atoms with Crippen LogP contribution in [-0.4, -0.2) is 14.5 Å². The van der Waals surface area contributed by atoms with Crippen molar-refractivity contribution in [2.24, 2.45) is 0 Å². The summed E-state index contributed by atoms with van der Waals surface area (Å²) in [6.07, 6.45) is 4.40. The van der Waals surface area contributed by atoms with E-state index < -0.39 is 0 Å². The normalized spacial score (nSPS) is 11.8. The Balaban J connectivity index is 2.38. The maximum atomic E-state index is 6.16. The summed E-state index contributed by atoms with van der Waals surface area (Å²) in [4.78, 5) is 8.49. The van der Waals surface area contributed by atoms with E-state index in [1.54, 1.807) is 0 Å². The van der Waals surface area contributed by atoms with Gasteiger partial charge < -0.3 is 16.0 Å². The van der Waals surface area contributed by atoms with Gasteiger partial charge in [-0.15, -0.1) is 0 Å². The first-order chi connectivity index (χ1) is 11.1. The van der Waals surface area contributed by atoms with Crippen molar-refractivity contribution in [3.63, 3.8) is 0 Å². The molecule has 5 heteroatoms. The van der Waals surface area contributed by atoms with Crippen molar-refractivity contribution >= 4 is 33.6 Å². The third-order valence-electron chi connectivity index (χ3n) is 4.62. The van der Waals surface area contributed by atoms with Gasteiger partial charge in [0.2, 0.25) is 5.95 Å². The molecule has 0 atom stereocenters. The molecule has 2 aromatic heterocycles. The molecular formula is C18H25N5. The zero-order valence-electron chi connectivity index (χ0n) is 14.1. The van der Waals surface area contributed by atoms with Gasteiger partial charge in [0.1, 0.15) is 5.82 Å². The summed E-state index contributed by atoms with van der Waals surface area (Å²) in [6.45, 7) is 6.70. The topological polar surface area (TPSA) is 82.8 Å². The molecule has 1 aromatic carbocycles. The molecule has 2 heterocycles. The fourth-order valence-corrected chi connectivity index (χ4v) is 3.57. The molecule has 0 saturated heterocycles. The number of hydrogen-bond donors (Lipinski definition) is 2. The van der Waals surface area contributed by atoms with Crippen LogP contribution in [0.1, 0.15) is 51.8 Å². The molecule has 0 fully saturated rings. The molecule has 3 aromatic rings. The third kappa shape index (κ3) is 2.50. The maximum Gasteiger partial charge on any atom is 0.222 e. The fourth-order valence-electron chi connectivity index (χ4n) is 3.57. The van der Waals surface area contributed by atoms with Crippen LogP contribution in [0, 0.1) is 0 Å². The monoisotopic (exact) mass is 311 g/mol. The number of nitrogens with zero attached hydrogens (tertiary/aromatic N) is 3. The van der Waals surface area contributed by atoms with E-state index in [4.69, 9.17) is 11.5 Å². The van der Waals surface area contributed by atoms with Crippen LogP contribution in [0.3, 0.4) is 0 Å². The minimum absolute atomic E-state index is 0.225. The Morgan fingerprint density at radius 3 is 2.48 bits per heavy atom. The highest BCUT2D eigenvalue weighted by Crippen LogP contribution is 2.34. The van der Waals surface area contributed by atoms with Crippen LogP contribution in [0.2, 0.25) is 0 Å². The summed E-state index contributed by atoms with van der Waals surface area (Å²) in [6, 6.07) is 6.90. The summed E-state index contributed by atoms with van der Waals surface area (Å²) in [5.41, 5.74) is 15.3. The molecule has 0 unspecified atom stereocenters. The first-order valence-corrected chi connectivity index (χ1v) is 8.46. The lowest BCUT2D eigenvalue weighted by molar-refractivity contribution is 0.470. The molecular weight excluding hydrogens is 286 g/mol. The number of nitrogen functional groups attached to an aromatic ring is 2. The number of anilines is 2. The molecule has 23 heavy (non-hydrogen) atoms. The zero-order valence-corrected chi connectivity index (χ0v) is 14.1. The predicted molar refractivity (Wildman–Crippen MR) is 97.5 cm³/mol. The van der Waals surface area contributed by atoms with E-state index in [2.05, 4.69) is 47.4 Å². The van der Waals surface area contributed by atoms with E-state index in [1.807, 2.05) is 6.07 Å². The second-order valence-electron chi connectivity index (χ2n) is 6.09. The average Bonchev–Trinajstić information content (AvgIpc) is 2.87.